The van der Waals surface area contributed by atoms with Crippen molar-refractivity contribution in [1.29, 1.82) is 5.26 Å². The smallest absolute Gasteiger partial charge is 0.139 e. The van der Waals surface area contributed by atoms with Crippen molar-refractivity contribution in [2.45, 2.75) is 33.1 Å². The van der Waals surface area contributed by atoms with E-state index in [1.807, 2.05) is 26.0 Å². The van der Waals surface area contributed by atoms with Gasteiger partial charge in [-0.3, -0.25) is 0 Å². The van der Waals surface area contributed by atoms with Gasteiger partial charge in [0.2, 0.25) is 0 Å². The van der Waals surface area contributed by atoms with Crippen molar-refractivity contribution < 1.29 is 4.74 Å². The molecule has 0 unspecified atom stereocenters. The molecule has 0 spiro atoms. The fraction of sp³-hybridized carbons (Fsp3) is 0.500. The van der Waals surface area contributed by atoms with Gasteiger partial charge in [-0.2, -0.15) is 5.26 Å². The number of hydrogen-bond donors (Lipinski definition) is 0. The molecule has 0 radical (unpaired) electrons. The van der Waals surface area contributed by atoms with Crippen LogP contribution >= 0.6 is 27.5 Å². The minimum absolute atomic E-state index is 0.243. The zero-order chi connectivity index (χ0) is 13.6. The molecule has 0 aliphatic rings. The normalized spacial score (nSPS) is 11.1. The average molecular weight is 331 g/mol. The first-order valence-corrected chi connectivity index (χ1v) is 7.11. The van der Waals surface area contributed by atoms with Gasteiger partial charge >= 0.3 is 0 Å². The van der Waals surface area contributed by atoms with Crippen LogP contribution in [0.25, 0.3) is 0 Å². The summed E-state index contributed by atoms with van der Waals surface area (Å²) in [6.07, 6.45) is 2.79. The topological polar surface area (TPSA) is 33.0 Å². The Kier molecular flexibility index (Phi) is 5.98. The third-order valence-corrected chi connectivity index (χ3v) is 3.46. The van der Waals surface area contributed by atoms with E-state index in [9.17, 15) is 0 Å². The first kappa shape index (κ1) is 15.3. The lowest BCUT2D eigenvalue weighted by Crippen LogP contribution is -2.08. The lowest BCUT2D eigenvalue weighted by molar-refractivity contribution is 0.295. The molecule has 2 nitrogen and oxygen atoms in total. The van der Waals surface area contributed by atoms with E-state index in [0.29, 0.717) is 17.4 Å². The fourth-order valence-electron chi connectivity index (χ4n) is 1.49. The van der Waals surface area contributed by atoms with Crippen molar-refractivity contribution in [3.63, 3.8) is 0 Å². The molecule has 1 aromatic carbocycles. The molecule has 0 heterocycles. The molecule has 4 heteroatoms. The van der Waals surface area contributed by atoms with Crippen LogP contribution in [-0.4, -0.2) is 6.61 Å². The number of benzene rings is 1. The Bertz CT molecular complexity index is 440. The molecule has 0 bridgehead atoms. The molecule has 1 aromatic rings. The molecular formula is C14H17BrClNO. The van der Waals surface area contributed by atoms with Crippen molar-refractivity contribution in [3.8, 4) is 11.8 Å². The zero-order valence-electron chi connectivity index (χ0n) is 10.7. The van der Waals surface area contributed by atoms with Crippen molar-refractivity contribution in [2.75, 3.05) is 6.61 Å². The number of nitrogens with zero attached hydrogens (tertiary/aromatic N) is 1. The maximum atomic E-state index is 8.89. The second kappa shape index (κ2) is 7.01. The van der Waals surface area contributed by atoms with Gasteiger partial charge in [0.25, 0.3) is 0 Å². The van der Waals surface area contributed by atoms with E-state index >= 15 is 0 Å². The highest BCUT2D eigenvalue weighted by Crippen LogP contribution is 2.28. The number of nitriles is 1. The summed E-state index contributed by atoms with van der Waals surface area (Å²) in [5, 5.41) is 9.51. The van der Waals surface area contributed by atoms with Gasteiger partial charge in [-0.15, -0.1) is 0 Å². The molecule has 0 saturated heterocycles. The molecule has 0 fully saturated rings. The lowest BCUT2D eigenvalue weighted by atomic mass is 9.89. The molecule has 18 heavy (non-hydrogen) atoms. The number of rotatable bonds is 6. The molecule has 0 atom stereocenters. The molecular weight excluding hydrogens is 314 g/mol. The highest BCUT2D eigenvalue weighted by molar-refractivity contribution is 9.10. The van der Waals surface area contributed by atoms with Crippen LogP contribution in [0.2, 0.25) is 5.02 Å². The van der Waals surface area contributed by atoms with Crippen molar-refractivity contribution in [2.24, 2.45) is 5.41 Å². The first-order valence-electron chi connectivity index (χ1n) is 5.94. The number of ether oxygens (including phenoxy) is 1. The third kappa shape index (κ3) is 5.29. The SMILES string of the molecule is CC(C)(C#N)CCCCOc1cc(Br)ccc1Cl. The number of halogens is 2. The summed E-state index contributed by atoms with van der Waals surface area (Å²) in [6, 6.07) is 7.85. The van der Waals surface area contributed by atoms with Gasteiger partial charge in [-0.25, -0.2) is 0 Å². The van der Waals surface area contributed by atoms with Gasteiger partial charge in [0.1, 0.15) is 5.75 Å². The number of hydrogen-bond acceptors (Lipinski definition) is 2. The van der Waals surface area contributed by atoms with E-state index in [-0.39, 0.29) is 5.41 Å². The van der Waals surface area contributed by atoms with Crippen molar-refractivity contribution >= 4 is 27.5 Å². The minimum Gasteiger partial charge on any atom is -0.492 e. The predicted molar refractivity (Wildman–Crippen MR) is 77.9 cm³/mol. The van der Waals surface area contributed by atoms with E-state index in [0.717, 1.165) is 23.7 Å². The molecule has 0 N–H and O–H groups in total. The lowest BCUT2D eigenvalue weighted by Gasteiger charge is -2.14. The average Bonchev–Trinajstić information content (AvgIpc) is 2.33. The van der Waals surface area contributed by atoms with Gasteiger partial charge in [0, 0.05) is 4.47 Å². The second-order valence-electron chi connectivity index (χ2n) is 4.88. The highest BCUT2D eigenvalue weighted by Gasteiger charge is 2.15. The Labute approximate surface area is 122 Å². The quantitative estimate of drug-likeness (QED) is 0.671. The monoisotopic (exact) mass is 329 g/mol. The summed E-state index contributed by atoms with van der Waals surface area (Å²) in [7, 11) is 0. The van der Waals surface area contributed by atoms with E-state index in [1.54, 1.807) is 6.07 Å². The van der Waals surface area contributed by atoms with Gasteiger partial charge in [-0.05, 0) is 51.3 Å². The highest BCUT2D eigenvalue weighted by atomic mass is 79.9. The molecule has 0 aliphatic carbocycles. The van der Waals surface area contributed by atoms with Gasteiger partial charge in [0.15, 0.2) is 0 Å². The van der Waals surface area contributed by atoms with E-state index in [1.165, 1.54) is 0 Å². The molecule has 0 amide bonds. The van der Waals surface area contributed by atoms with Crippen LogP contribution in [0.15, 0.2) is 22.7 Å². The van der Waals surface area contributed by atoms with Crippen molar-refractivity contribution in [1.82, 2.24) is 0 Å². The summed E-state index contributed by atoms with van der Waals surface area (Å²) in [6.45, 7) is 4.54. The summed E-state index contributed by atoms with van der Waals surface area (Å²) in [5.41, 5.74) is -0.243. The Morgan fingerprint density at radius 1 is 1.39 bits per heavy atom. The van der Waals surface area contributed by atoms with Crippen LogP contribution in [0.1, 0.15) is 33.1 Å². The molecule has 1 rings (SSSR count). The molecule has 0 saturated carbocycles. The minimum atomic E-state index is -0.243. The second-order valence-corrected chi connectivity index (χ2v) is 6.20. The Morgan fingerprint density at radius 3 is 2.78 bits per heavy atom. The first-order chi connectivity index (χ1) is 8.44. The maximum absolute atomic E-state index is 8.89. The largest absolute Gasteiger partial charge is 0.492 e. The summed E-state index contributed by atoms with van der Waals surface area (Å²) < 4.78 is 6.57. The molecule has 0 aromatic heterocycles. The zero-order valence-corrected chi connectivity index (χ0v) is 13.0. The fourth-order valence-corrected chi connectivity index (χ4v) is 2.01. The van der Waals surface area contributed by atoms with Crippen molar-refractivity contribution in [3.05, 3.63) is 27.7 Å². The van der Waals surface area contributed by atoms with Gasteiger partial charge in [-0.1, -0.05) is 27.5 Å². The van der Waals surface area contributed by atoms with Crippen LogP contribution in [0, 0.1) is 16.7 Å². The third-order valence-electron chi connectivity index (χ3n) is 2.65. The number of unbranched alkanes of at least 4 members (excludes halogenated alkanes) is 1. The molecule has 98 valence electrons. The van der Waals surface area contributed by atoms with Crippen LogP contribution < -0.4 is 4.74 Å². The van der Waals surface area contributed by atoms with Gasteiger partial charge in [0.05, 0.1) is 23.1 Å². The van der Waals surface area contributed by atoms with E-state index < -0.39 is 0 Å². The predicted octanol–water partition coefficient (Wildman–Crippen LogP) is 5.20. The standard InChI is InChI=1S/C14H17BrClNO/c1-14(2,10-17)7-3-4-8-18-13-9-11(15)5-6-12(13)16/h5-6,9H,3-4,7-8H2,1-2H3. The molecule has 0 aliphatic heterocycles. The van der Waals surface area contributed by atoms with Crippen LogP contribution in [0.4, 0.5) is 0 Å². The summed E-state index contributed by atoms with van der Waals surface area (Å²) in [5.74, 6) is 0.700. The van der Waals surface area contributed by atoms with Crippen LogP contribution in [0.5, 0.6) is 5.75 Å². The summed E-state index contributed by atoms with van der Waals surface area (Å²) >= 11 is 9.39. The van der Waals surface area contributed by atoms with Gasteiger partial charge < -0.3 is 4.74 Å². The van der Waals surface area contributed by atoms with E-state index in [4.69, 9.17) is 21.6 Å². The summed E-state index contributed by atoms with van der Waals surface area (Å²) in [4.78, 5) is 0. The van der Waals surface area contributed by atoms with Crippen LogP contribution in [0.3, 0.4) is 0 Å². The Morgan fingerprint density at radius 2 is 2.11 bits per heavy atom. The van der Waals surface area contributed by atoms with E-state index in [2.05, 4.69) is 22.0 Å². The Balaban J connectivity index is 2.30. The maximum Gasteiger partial charge on any atom is 0.139 e. The van der Waals surface area contributed by atoms with Crippen LogP contribution in [-0.2, 0) is 0 Å². The Hall–Kier alpha value is -0.720.